The van der Waals surface area contributed by atoms with Gasteiger partial charge in [0.2, 0.25) is 0 Å². The van der Waals surface area contributed by atoms with Gasteiger partial charge in [-0.15, -0.1) is 11.3 Å². The third-order valence-electron chi connectivity index (χ3n) is 2.95. The van der Waals surface area contributed by atoms with E-state index < -0.39 is 0 Å². The summed E-state index contributed by atoms with van der Waals surface area (Å²) < 4.78 is 1.46. The van der Waals surface area contributed by atoms with Gasteiger partial charge in [0.05, 0.1) is 0 Å². The van der Waals surface area contributed by atoms with E-state index in [9.17, 15) is 0 Å². The van der Waals surface area contributed by atoms with E-state index in [-0.39, 0.29) is 0 Å². The predicted octanol–water partition coefficient (Wildman–Crippen LogP) is 3.33. The van der Waals surface area contributed by atoms with Gasteiger partial charge in [0.1, 0.15) is 0 Å². The van der Waals surface area contributed by atoms with Crippen LogP contribution in [0.15, 0.2) is 29.6 Å². The largest absolute Gasteiger partial charge is 0.310 e. The molecule has 14 heavy (non-hydrogen) atoms. The molecule has 0 spiro atoms. The molecule has 0 bridgehead atoms. The predicted molar refractivity (Wildman–Crippen MR) is 61.8 cm³/mol. The van der Waals surface area contributed by atoms with Gasteiger partial charge >= 0.3 is 0 Å². The van der Waals surface area contributed by atoms with E-state index in [1.807, 2.05) is 11.3 Å². The Hall–Kier alpha value is -0.860. The molecule has 0 amide bonds. The Morgan fingerprint density at radius 1 is 1.29 bits per heavy atom. The van der Waals surface area contributed by atoms with Crippen LogP contribution >= 0.6 is 11.3 Å². The van der Waals surface area contributed by atoms with Crippen LogP contribution in [0.25, 0.3) is 10.1 Å². The maximum Gasteiger partial charge on any atom is 0.0390 e. The normalized spacial score (nSPS) is 21.9. The second-order valence-corrected chi connectivity index (χ2v) is 4.75. The molecule has 1 N–H and O–H groups in total. The lowest BCUT2D eigenvalue weighted by Crippen LogP contribution is -2.12. The maximum atomic E-state index is 3.56. The van der Waals surface area contributed by atoms with Gasteiger partial charge in [0.25, 0.3) is 0 Å². The maximum absolute atomic E-state index is 3.56. The minimum atomic E-state index is 0.595. The number of fused-ring (bicyclic) bond motifs is 1. The monoisotopic (exact) mass is 203 g/mol. The van der Waals surface area contributed by atoms with E-state index in [1.165, 1.54) is 35.0 Å². The Bertz CT molecular complexity index is 440. The zero-order valence-electron chi connectivity index (χ0n) is 7.99. The second kappa shape index (κ2) is 3.37. The first-order valence-corrected chi connectivity index (χ1v) is 6.02. The zero-order valence-corrected chi connectivity index (χ0v) is 8.81. The second-order valence-electron chi connectivity index (χ2n) is 3.84. The average Bonchev–Trinajstić information content (AvgIpc) is 2.88. The molecule has 0 saturated carbocycles. The van der Waals surface area contributed by atoms with Gasteiger partial charge in [-0.25, -0.2) is 0 Å². The first-order chi connectivity index (χ1) is 6.95. The highest BCUT2D eigenvalue weighted by atomic mass is 32.1. The van der Waals surface area contributed by atoms with E-state index in [0.29, 0.717) is 6.04 Å². The van der Waals surface area contributed by atoms with Gasteiger partial charge in [0, 0.05) is 10.7 Å². The number of benzene rings is 1. The van der Waals surface area contributed by atoms with Crippen LogP contribution in [0.5, 0.6) is 0 Å². The summed E-state index contributed by atoms with van der Waals surface area (Å²) in [5.74, 6) is 0. The van der Waals surface area contributed by atoms with Gasteiger partial charge < -0.3 is 5.32 Å². The van der Waals surface area contributed by atoms with E-state index >= 15 is 0 Å². The van der Waals surface area contributed by atoms with Crippen LogP contribution in [0, 0.1) is 0 Å². The van der Waals surface area contributed by atoms with Crippen LogP contribution in [0.3, 0.4) is 0 Å². The fourth-order valence-corrected chi connectivity index (χ4v) is 3.21. The summed E-state index contributed by atoms with van der Waals surface area (Å²) in [5.41, 5.74) is 1.50. The van der Waals surface area contributed by atoms with Crippen LogP contribution in [-0.2, 0) is 0 Å². The van der Waals surface area contributed by atoms with E-state index in [1.54, 1.807) is 0 Å². The number of nitrogens with one attached hydrogen (secondary N) is 1. The van der Waals surface area contributed by atoms with Crippen molar-refractivity contribution in [3.8, 4) is 0 Å². The molecule has 1 aliphatic heterocycles. The fraction of sp³-hybridized carbons (Fsp3) is 0.333. The van der Waals surface area contributed by atoms with Crippen molar-refractivity contribution in [3.05, 3.63) is 35.2 Å². The van der Waals surface area contributed by atoms with Gasteiger partial charge in [-0.05, 0) is 41.8 Å². The number of thiophene rings is 1. The number of hydrogen-bond acceptors (Lipinski definition) is 2. The topological polar surface area (TPSA) is 12.0 Å². The smallest absolute Gasteiger partial charge is 0.0390 e. The van der Waals surface area contributed by atoms with Crippen molar-refractivity contribution in [2.75, 3.05) is 6.54 Å². The van der Waals surface area contributed by atoms with Crippen LogP contribution in [0.1, 0.15) is 24.4 Å². The van der Waals surface area contributed by atoms with Crippen LogP contribution < -0.4 is 5.32 Å². The quantitative estimate of drug-likeness (QED) is 0.749. The Kier molecular flexibility index (Phi) is 2.03. The van der Waals surface area contributed by atoms with Crippen LogP contribution in [0.4, 0.5) is 0 Å². The Labute approximate surface area is 87.8 Å². The van der Waals surface area contributed by atoms with Crippen molar-refractivity contribution in [1.82, 2.24) is 5.32 Å². The van der Waals surface area contributed by atoms with Gasteiger partial charge in [-0.1, -0.05) is 18.2 Å². The molecule has 1 nitrogen and oxygen atoms in total. The molecule has 3 rings (SSSR count). The standard InChI is InChI=1S/C12H13NS/c1-3-9-6-8-14-12(9)10(4-1)11-5-2-7-13-11/h1,3-4,6,8,11,13H,2,5,7H2/t11-/m1/s1. The molecular formula is C12H13NS. The third-order valence-corrected chi connectivity index (χ3v) is 3.92. The van der Waals surface area contributed by atoms with Crippen molar-refractivity contribution < 1.29 is 0 Å². The highest BCUT2D eigenvalue weighted by Gasteiger charge is 2.18. The van der Waals surface area contributed by atoms with E-state index in [0.717, 1.165) is 0 Å². The van der Waals surface area contributed by atoms with E-state index in [4.69, 9.17) is 0 Å². The summed E-state index contributed by atoms with van der Waals surface area (Å²) in [6.07, 6.45) is 2.60. The lowest BCUT2D eigenvalue weighted by atomic mass is 10.0. The fourth-order valence-electron chi connectivity index (χ4n) is 2.24. The summed E-state index contributed by atoms with van der Waals surface area (Å²) in [4.78, 5) is 0. The minimum Gasteiger partial charge on any atom is -0.310 e. The number of rotatable bonds is 1. The summed E-state index contributed by atoms with van der Waals surface area (Å²) in [5, 5.41) is 7.14. The molecule has 72 valence electrons. The molecule has 0 radical (unpaired) electrons. The molecule has 1 aromatic heterocycles. The van der Waals surface area contributed by atoms with Crippen molar-refractivity contribution in [2.24, 2.45) is 0 Å². The summed E-state index contributed by atoms with van der Waals surface area (Å²) >= 11 is 1.86. The highest BCUT2D eigenvalue weighted by Crippen LogP contribution is 2.32. The van der Waals surface area contributed by atoms with Gasteiger partial charge in [-0.3, -0.25) is 0 Å². The Morgan fingerprint density at radius 3 is 3.14 bits per heavy atom. The Morgan fingerprint density at radius 2 is 2.29 bits per heavy atom. The Balaban J connectivity index is 2.14. The molecule has 1 atom stereocenters. The summed E-state index contributed by atoms with van der Waals surface area (Å²) in [6, 6.07) is 9.44. The first-order valence-electron chi connectivity index (χ1n) is 5.15. The molecule has 1 saturated heterocycles. The van der Waals surface area contributed by atoms with E-state index in [2.05, 4.69) is 35.0 Å². The highest BCUT2D eigenvalue weighted by molar-refractivity contribution is 7.17. The van der Waals surface area contributed by atoms with Crippen LogP contribution in [0.2, 0.25) is 0 Å². The molecule has 2 heteroatoms. The first kappa shape index (κ1) is 8.45. The SMILES string of the molecule is c1cc([C@H]2CCCN2)c2sccc2c1. The summed E-state index contributed by atoms with van der Waals surface area (Å²) in [6.45, 7) is 1.17. The van der Waals surface area contributed by atoms with Crippen molar-refractivity contribution in [2.45, 2.75) is 18.9 Å². The van der Waals surface area contributed by atoms with Gasteiger partial charge in [-0.2, -0.15) is 0 Å². The van der Waals surface area contributed by atoms with Crippen LogP contribution in [-0.4, -0.2) is 6.54 Å². The lowest BCUT2D eigenvalue weighted by Gasteiger charge is -2.11. The van der Waals surface area contributed by atoms with Crippen molar-refractivity contribution in [3.63, 3.8) is 0 Å². The average molecular weight is 203 g/mol. The molecule has 0 unspecified atom stereocenters. The summed E-state index contributed by atoms with van der Waals surface area (Å²) in [7, 11) is 0. The zero-order chi connectivity index (χ0) is 9.38. The molecule has 2 heterocycles. The minimum absolute atomic E-state index is 0.595. The number of hydrogen-bond donors (Lipinski definition) is 1. The molecule has 0 aliphatic carbocycles. The molecule has 2 aromatic rings. The lowest BCUT2D eigenvalue weighted by molar-refractivity contribution is 0.653. The molecular weight excluding hydrogens is 190 g/mol. The third kappa shape index (κ3) is 1.26. The van der Waals surface area contributed by atoms with Crippen molar-refractivity contribution >= 4 is 21.4 Å². The van der Waals surface area contributed by atoms with Gasteiger partial charge in [0.15, 0.2) is 0 Å². The molecule has 1 fully saturated rings. The molecule has 1 aromatic carbocycles. The molecule has 1 aliphatic rings. The van der Waals surface area contributed by atoms with Crippen molar-refractivity contribution in [1.29, 1.82) is 0 Å².